The minimum Gasteiger partial charge on any atom is -0.461 e. The molecule has 0 bridgehead atoms. The van der Waals surface area contributed by atoms with Gasteiger partial charge in [-0.1, -0.05) is 12.7 Å². The molecule has 0 amide bonds. The van der Waals surface area contributed by atoms with E-state index in [1.54, 1.807) is 0 Å². The molecule has 0 unspecified atom stereocenters. The lowest BCUT2D eigenvalue weighted by Gasteiger charge is -2.04. The maximum absolute atomic E-state index is 11.0. The van der Waals surface area contributed by atoms with Gasteiger partial charge in [-0.3, -0.25) is 14.9 Å². The highest BCUT2D eigenvalue weighted by atomic mass is 16.6. The van der Waals surface area contributed by atoms with Crippen molar-refractivity contribution in [1.82, 2.24) is 5.32 Å². The van der Waals surface area contributed by atoms with Crippen molar-refractivity contribution in [2.75, 3.05) is 13.3 Å². The topological polar surface area (TPSA) is 64.6 Å². The van der Waals surface area contributed by atoms with Gasteiger partial charge in [-0.2, -0.15) is 0 Å². The van der Waals surface area contributed by atoms with E-state index in [2.05, 4.69) is 16.6 Å². The summed E-state index contributed by atoms with van der Waals surface area (Å²) in [5.74, 6) is -0.841. The lowest BCUT2D eigenvalue weighted by Crippen LogP contribution is -2.30. The van der Waals surface area contributed by atoms with E-state index in [0.29, 0.717) is 0 Å². The molecule has 1 aliphatic rings. The van der Waals surface area contributed by atoms with E-state index >= 15 is 0 Å². The standard InChI is InChI=1S/C8H11NO4/c1-2-3-12-7(10)4-6-8(11)13-5-9-6/h2,6,9H,1,3-5H2/t6-/m1/s1. The molecule has 0 aliphatic carbocycles. The highest BCUT2D eigenvalue weighted by molar-refractivity contribution is 5.83. The molecule has 0 aromatic carbocycles. The molecule has 0 spiro atoms. The molecule has 1 N–H and O–H groups in total. The summed E-state index contributed by atoms with van der Waals surface area (Å²) in [6, 6.07) is -0.558. The zero-order valence-corrected chi connectivity index (χ0v) is 7.12. The first kappa shape index (κ1) is 9.73. The fraction of sp³-hybridized carbons (Fsp3) is 0.500. The number of nitrogens with one attached hydrogen (secondary N) is 1. The summed E-state index contributed by atoms with van der Waals surface area (Å²) < 4.78 is 9.29. The van der Waals surface area contributed by atoms with E-state index in [9.17, 15) is 9.59 Å². The molecule has 0 radical (unpaired) electrons. The molecule has 5 heteroatoms. The van der Waals surface area contributed by atoms with Crippen molar-refractivity contribution in [2.24, 2.45) is 0 Å². The van der Waals surface area contributed by atoms with Crippen LogP contribution in [0.4, 0.5) is 0 Å². The second-order valence-corrected chi connectivity index (χ2v) is 2.54. The van der Waals surface area contributed by atoms with Crippen LogP contribution in [0, 0.1) is 0 Å². The summed E-state index contributed by atoms with van der Waals surface area (Å²) in [7, 11) is 0. The maximum Gasteiger partial charge on any atom is 0.325 e. The Hall–Kier alpha value is -1.36. The normalized spacial score (nSPS) is 20.9. The van der Waals surface area contributed by atoms with Crippen molar-refractivity contribution < 1.29 is 19.1 Å². The van der Waals surface area contributed by atoms with Gasteiger partial charge in [-0.15, -0.1) is 0 Å². The zero-order valence-electron chi connectivity index (χ0n) is 7.12. The molecule has 1 fully saturated rings. The fourth-order valence-corrected chi connectivity index (χ4v) is 0.930. The summed E-state index contributed by atoms with van der Waals surface area (Å²) in [6.07, 6.45) is 1.48. The van der Waals surface area contributed by atoms with Gasteiger partial charge >= 0.3 is 11.9 Å². The van der Waals surface area contributed by atoms with Crippen molar-refractivity contribution >= 4 is 11.9 Å². The molecule has 13 heavy (non-hydrogen) atoms. The second kappa shape index (κ2) is 4.61. The third kappa shape index (κ3) is 2.87. The van der Waals surface area contributed by atoms with E-state index in [4.69, 9.17) is 4.74 Å². The van der Waals surface area contributed by atoms with E-state index < -0.39 is 18.0 Å². The van der Waals surface area contributed by atoms with Crippen molar-refractivity contribution in [1.29, 1.82) is 0 Å². The first-order valence-electron chi connectivity index (χ1n) is 3.90. The summed E-state index contributed by atoms with van der Waals surface area (Å²) in [5, 5.41) is 2.72. The first-order chi connectivity index (χ1) is 6.24. The van der Waals surface area contributed by atoms with Crippen LogP contribution in [0.15, 0.2) is 12.7 Å². The van der Waals surface area contributed by atoms with Crippen molar-refractivity contribution in [2.45, 2.75) is 12.5 Å². The van der Waals surface area contributed by atoms with E-state index in [0.717, 1.165) is 0 Å². The third-order valence-corrected chi connectivity index (χ3v) is 1.56. The van der Waals surface area contributed by atoms with Crippen LogP contribution in [0.2, 0.25) is 0 Å². The molecule has 72 valence electrons. The summed E-state index contributed by atoms with van der Waals surface area (Å²) in [5.41, 5.74) is 0. The highest BCUT2D eigenvalue weighted by Gasteiger charge is 2.28. The number of carbonyl (C=O) groups excluding carboxylic acids is 2. The van der Waals surface area contributed by atoms with Crippen molar-refractivity contribution in [3.8, 4) is 0 Å². The minimum atomic E-state index is -0.558. The summed E-state index contributed by atoms with van der Waals surface area (Å²) in [6.45, 7) is 3.73. The lowest BCUT2D eigenvalue weighted by atomic mass is 10.2. The third-order valence-electron chi connectivity index (χ3n) is 1.56. The molecular weight excluding hydrogens is 174 g/mol. The van der Waals surface area contributed by atoms with Gasteiger partial charge in [0.25, 0.3) is 0 Å². The van der Waals surface area contributed by atoms with Crippen LogP contribution in [0.1, 0.15) is 6.42 Å². The van der Waals surface area contributed by atoms with E-state index in [1.807, 2.05) is 0 Å². The Morgan fingerprint density at radius 3 is 3.15 bits per heavy atom. The number of ether oxygens (including phenoxy) is 2. The average Bonchev–Trinajstić information content (AvgIpc) is 2.48. The monoisotopic (exact) mass is 185 g/mol. The van der Waals surface area contributed by atoms with Crippen LogP contribution in [-0.4, -0.2) is 31.3 Å². The minimum absolute atomic E-state index is 0.00662. The van der Waals surface area contributed by atoms with Crippen LogP contribution in [0.3, 0.4) is 0 Å². The number of rotatable bonds is 4. The average molecular weight is 185 g/mol. The van der Waals surface area contributed by atoms with Crippen molar-refractivity contribution in [3.05, 3.63) is 12.7 Å². The predicted octanol–water partition coefficient (Wildman–Crippen LogP) is -0.422. The summed E-state index contributed by atoms with van der Waals surface area (Å²) in [4.78, 5) is 21.9. The molecule has 1 aliphatic heterocycles. The first-order valence-corrected chi connectivity index (χ1v) is 3.90. The zero-order chi connectivity index (χ0) is 9.68. The Morgan fingerprint density at radius 2 is 2.62 bits per heavy atom. The Kier molecular flexibility index (Phi) is 3.45. The number of hydrogen-bond acceptors (Lipinski definition) is 5. The van der Waals surface area contributed by atoms with Crippen LogP contribution < -0.4 is 5.32 Å². The molecule has 0 aromatic rings. The Labute approximate surface area is 75.7 Å². The second-order valence-electron chi connectivity index (χ2n) is 2.54. The molecular formula is C8H11NO4. The van der Waals surface area contributed by atoms with Gasteiger partial charge in [0.2, 0.25) is 0 Å². The van der Waals surface area contributed by atoms with Crippen LogP contribution in [0.5, 0.6) is 0 Å². The number of hydrogen-bond donors (Lipinski definition) is 1. The molecule has 0 saturated carbocycles. The quantitative estimate of drug-likeness (QED) is 0.476. The number of cyclic esters (lactones) is 1. The van der Waals surface area contributed by atoms with Gasteiger partial charge in [0.1, 0.15) is 19.4 Å². The molecule has 1 heterocycles. The van der Waals surface area contributed by atoms with Crippen molar-refractivity contribution in [3.63, 3.8) is 0 Å². The van der Waals surface area contributed by atoms with Crippen LogP contribution >= 0.6 is 0 Å². The molecule has 1 atom stereocenters. The van der Waals surface area contributed by atoms with Gasteiger partial charge in [0, 0.05) is 0 Å². The van der Waals surface area contributed by atoms with E-state index in [1.165, 1.54) is 6.08 Å². The fourth-order valence-electron chi connectivity index (χ4n) is 0.930. The molecule has 5 nitrogen and oxygen atoms in total. The number of esters is 2. The van der Waals surface area contributed by atoms with Gasteiger partial charge in [0.15, 0.2) is 0 Å². The molecule has 1 rings (SSSR count). The number of carbonyl (C=O) groups is 2. The Morgan fingerprint density at radius 1 is 1.85 bits per heavy atom. The maximum atomic E-state index is 11.0. The smallest absolute Gasteiger partial charge is 0.325 e. The Bertz CT molecular complexity index is 226. The Balaban J connectivity index is 2.26. The SMILES string of the molecule is C=CCOC(=O)C[C@H]1NCOC1=O. The van der Waals surface area contributed by atoms with Gasteiger partial charge in [-0.25, -0.2) is 0 Å². The van der Waals surface area contributed by atoms with Gasteiger partial charge < -0.3 is 9.47 Å². The largest absolute Gasteiger partial charge is 0.461 e. The highest BCUT2D eigenvalue weighted by Crippen LogP contribution is 2.03. The summed E-state index contributed by atoms with van der Waals surface area (Å²) >= 11 is 0. The molecule has 0 aromatic heterocycles. The lowest BCUT2D eigenvalue weighted by molar-refractivity contribution is -0.147. The van der Waals surface area contributed by atoms with Crippen LogP contribution in [0.25, 0.3) is 0 Å². The van der Waals surface area contributed by atoms with E-state index in [-0.39, 0.29) is 19.8 Å². The molecule has 1 saturated heterocycles. The van der Waals surface area contributed by atoms with Crippen LogP contribution in [-0.2, 0) is 19.1 Å². The van der Waals surface area contributed by atoms with Gasteiger partial charge in [-0.05, 0) is 0 Å². The predicted molar refractivity (Wildman–Crippen MR) is 43.7 cm³/mol. The van der Waals surface area contributed by atoms with Gasteiger partial charge in [0.05, 0.1) is 6.42 Å².